The Morgan fingerprint density at radius 3 is 1.45 bits per heavy atom. The van der Waals surface area contributed by atoms with Crippen LogP contribution in [0.25, 0.3) is 0 Å². The van der Waals surface area contributed by atoms with Gasteiger partial charge in [-0.15, -0.1) is 0 Å². The van der Waals surface area contributed by atoms with Crippen LogP contribution in [0, 0.1) is 0 Å². The molecule has 0 radical (unpaired) electrons. The van der Waals surface area contributed by atoms with Gasteiger partial charge in [-0.05, 0) is 6.42 Å². The molecule has 4 nitrogen and oxygen atoms in total. The van der Waals surface area contributed by atoms with E-state index < -0.39 is 75.1 Å². The Hall–Kier alpha value is -1.13. The maximum absolute atomic E-state index is 13.3. The fourth-order valence-electron chi connectivity index (χ4n) is 1.68. The Balaban J connectivity index is 5.76. The number of primary amides is 1. The van der Waals surface area contributed by atoms with Crippen molar-refractivity contribution >= 4 is 27.3 Å². The van der Waals surface area contributed by atoms with Crippen LogP contribution in [-0.2, 0) is 14.6 Å². The first-order chi connectivity index (χ1) is 12.4. The minimum Gasteiger partial charge on any atom is -0.367 e. The lowest BCUT2D eigenvalue weighted by atomic mass is 10.0. The van der Waals surface area contributed by atoms with Gasteiger partial charge in [0, 0.05) is 12.8 Å². The van der Waals surface area contributed by atoms with Gasteiger partial charge in [-0.2, -0.15) is 52.7 Å². The molecule has 0 saturated carbocycles. The minimum absolute atomic E-state index is 2.25. The van der Waals surface area contributed by atoms with E-state index in [0.29, 0.717) is 0 Å². The van der Waals surface area contributed by atoms with Gasteiger partial charge in [0.05, 0.1) is 5.75 Å². The molecule has 0 heterocycles. The molecule has 0 rings (SSSR count). The molecule has 0 aliphatic heterocycles. The number of sulfone groups is 1. The highest BCUT2D eigenvalue weighted by Gasteiger charge is 2.73. The second kappa shape index (κ2) is 7.85. The van der Waals surface area contributed by atoms with Crippen LogP contribution in [0.5, 0.6) is 0 Å². The van der Waals surface area contributed by atoms with E-state index >= 15 is 0 Å². The number of nitrogens with two attached hydrogens (primary N) is 1. The molecule has 1 unspecified atom stereocenters. The molecule has 174 valence electrons. The third-order valence-electron chi connectivity index (χ3n) is 3.54. The molecular formula is C11H10ClF12NO3S. The molecule has 0 aromatic heterocycles. The van der Waals surface area contributed by atoms with E-state index in [0.717, 1.165) is 0 Å². The lowest BCUT2D eigenvalue weighted by molar-refractivity contribution is -0.355. The number of hydrogen-bond donors (Lipinski definition) is 1. The first kappa shape index (κ1) is 27.9. The number of halogens is 13. The van der Waals surface area contributed by atoms with E-state index in [-0.39, 0.29) is 0 Å². The highest BCUT2D eigenvalue weighted by Crippen LogP contribution is 2.50. The van der Waals surface area contributed by atoms with Crippen molar-refractivity contribution in [2.24, 2.45) is 5.73 Å². The Morgan fingerprint density at radius 2 is 1.14 bits per heavy atom. The predicted molar refractivity (Wildman–Crippen MR) is 72.4 cm³/mol. The Bertz CT molecular complexity index is 718. The standard InChI is InChI=1S/C11H10ClF12NO3S/c12-6(5(25)26,1-2-7(13,14)9(17,18)11(22,23)24)29(27,28)4-3-8(15,16)10(19,20)21/h1-4H2,(H2,25,26). The molecule has 1 atom stereocenters. The fraction of sp³-hybridized carbons (Fsp3) is 0.909. The highest BCUT2D eigenvalue weighted by molar-refractivity contribution is 7.95. The molecule has 0 fully saturated rings. The van der Waals surface area contributed by atoms with Gasteiger partial charge in [0.15, 0.2) is 9.84 Å². The molecule has 2 N–H and O–H groups in total. The Morgan fingerprint density at radius 1 is 0.724 bits per heavy atom. The molecule has 1 amide bonds. The fourth-order valence-corrected chi connectivity index (χ4v) is 3.57. The average molecular weight is 500 g/mol. The first-order valence-electron chi connectivity index (χ1n) is 6.84. The monoisotopic (exact) mass is 499 g/mol. The van der Waals surface area contributed by atoms with E-state index in [9.17, 15) is 65.9 Å². The molecular weight excluding hydrogens is 490 g/mol. The van der Waals surface area contributed by atoms with E-state index in [2.05, 4.69) is 5.73 Å². The van der Waals surface area contributed by atoms with Crippen LogP contribution in [0.15, 0.2) is 0 Å². The van der Waals surface area contributed by atoms with Crippen LogP contribution in [0.1, 0.15) is 19.3 Å². The molecule has 0 saturated heterocycles. The third kappa shape index (κ3) is 5.52. The molecule has 0 bridgehead atoms. The number of carbonyl (C=O) groups is 1. The van der Waals surface area contributed by atoms with Gasteiger partial charge in [-0.3, -0.25) is 4.79 Å². The molecule has 29 heavy (non-hydrogen) atoms. The number of alkyl halides is 13. The van der Waals surface area contributed by atoms with Crippen LogP contribution in [0.4, 0.5) is 52.7 Å². The summed E-state index contributed by atoms with van der Waals surface area (Å²) in [4.78, 5) is 11.2. The topological polar surface area (TPSA) is 77.2 Å². The van der Waals surface area contributed by atoms with E-state index in [1.165, 1.54) is 0 Å². The Kier molecular flexibility index (Phi) is 7.54. The minimum atomic E-state index is -6.81. The summed E-state index contributed by atoms with van der Waals surface area (Å²) in [6, 6.07) is 0. The normalized spacial score (nSPS) is 17.1. The van der Waals surface area contributed by atoms with Gasteiger partial charge in [-0.1, -0.05) is 11.6 Å². The number of rotatable bonds is 9. The highest BCUT2D eigenvalue weighted by atomic mass is 35.5. The quantitative estimate of drug-likeness (QED) is 0.384. The molecule has 0 aliphatic carbocycles. The first-order valence-corrected chi connectivity index (χ1v) is 8.87. The summed E-state index contributed by atoms with van der Waals surface area (Å²) in [5.41, 5.74) is 4.49. The van der Waals surface area contributed by atoms with Gasteiger partial charge in [-0.25, -0.2) is 8.42 Å². The SMILES string of the molecule is NC(=O)C(Cl)(CCC(F)(F)C(F)(F)C(F)(F)F)S(=O)(=O)CCC(F)(F)C(F)(F)F. The van der Waals surface area contributed by atoms with Gasteiger partial charge in [0.2, 0.25) is 4.21 Å². The average Bonchev–Trinajstić information content (AvgIpc) is 2.48. The summed E-state index contributed by atoms with van der Waals surface area (Å²) in [6.07, 6.45) is -20.6. The second-order valence-electron chi connectivity index (χ2n) is 5.64. The molecule has 0 spiro atoms. The van der Waals surface area contributed by atoms with Gasteiger partial charge in [0.1, 0.15) is 0 Å². The zero-order chi connectivity index (χ0) is 23.9. The van der Waals surface area contributed by atoms with Crippen LogP contribution in [0.3, 0.4) is 0 Å². The largest absolute Gasteiger partial charge is 0.459 e. The van der Waals surface area contributed by atoms with Crippen molar-refractivity contribution in [2.45, 2.75) is 53.6 Å². The van der Waals surface area contributed by atoms with E-state index in [4.69, 9.17) is 11.6 Å². The lowest BCUT2D eigenvalue weighted by Crippen LogP contribution is -2.54. The van der Waals surface area contributed by atoms with Crippen molar-refractivity contribution in [1.82, 2.24) is 0 Å². The zero-order valence-electron chi connectivity index (χ0n) is 13.5. The lowest BCUT2D eigenvalue weighted by Gasteiger charge is -2.31. The van der Waals surface area contributed by atoms with Crippen molar-refractivity contribution < 1.29 is 65.9 Å². The summed E-state index contributed by atoms with van der Waals surface area (Å²) >= 11 is 5.13. The van der Waals surface area contributed by atoms with Crippen LogP contribution in [0.2, 0.25) is 0 Å². The second-order valence-corrected chi connectivity index (χ2v) is 8.84. The van der Waals surface area contributed by atoms with Crippen LogP contribution in [-0.4, -0.2) is 54.4 Å². The van der Waals surface area contributed by atoms with E-state index in [1.54, 1.807) is 0 Å². The summed E-state index contributed by atoms with van der Waals surface area (Å²) < 4.78 is 170. The Labute approximate surface area is 159 Å². The summed E-state index contributed by atoms with van der Waals surface area (Å²) in [5, 5.41) is 0. The summed E-state index contributed by atoms with van der Waals surface area (Å²) in [6.45, 7) is 0. The van der Waals surface area contributed by atoms with Crippen molar-refractivity contribution in [1.29, 1.82) is 0 Å². The third-order valence-corrected chi connectivity index (χ3v) is 6.75. The smallest absolute Gasteiger partial charge is 0.367 e. The van der Waals surface area contributed by atoms with E-state index in [1.807, 2.05) is 0 Å². The van der Waals surface area contributed by atoms with Gasteiger partial charge in [0.25, 0.3) is 5.91 Å². The number of amides is 1. The van der Waals surface area contributed by atoms with Crippen molar-refractivity contribution in [3.05, 3.63) is 0 Å². The van der Waals surface area contributed by atoms with Gasteiger partial charge >= 0.3 is 30.1 Å². The maximum atomic E-state index is 13.3. The molecule has 18 heteroatoms. The van der Waals surface area contributed by atoms with Crippen molar-refractivity contribution in [3.8, 4) is 0 Å². The summed E-state index contributed by atoms with van der Waals surface area (Å²) in [5.74, 6) is -23.1. The van der Waals surface area contributed by atoms with Crippen LogP contribution >= 0.6 is 11.6 Å². The van der Waals surface area contributed by atoms with Crippen molar-refractivity contribution in [3.63, 3.8) is 0 Å². The van der Waals surface area contributed by atoms with Crippen molar-refractivity contribution in [2.75, 3.05) is 5.75 Å². The number of hydrogen-bond acceptors (Lipinski definition) is 3. The molecule has 0 aromatic carbocycles. The van der Waals surface area contributed by atoms with Gasteiger partial charge < -0.3 is 5.73 Å². The maximum Gasteiger partial charge on any atom is 0.459 e. The molecule has 0 aliphatic rings. The summed E-state index contributed by atoms with van der Waals surface area (Å²) in [7, 11) is -5.77. The molecule has 0 aromatic rings. The zero-order valence-corrected chi connectivity index (χ0v) is 15.0. The van der Waals surface area contributed by atoms with Crippen LogP contribution < -0.4 is 5.73 Å². The number of carbonyl (C=O) groups excluding carboxylic acids is 1. The predicted octanol–water partition coefficient (Wildman–Crippen LogP) is 4.02.